The molecule has 0 saturated heterocycles. The number of methoxy groups -OCH3 is 1. The quantitative estimate of drug-likeness (QED) is 0.386. The summed E-state index contributed by atoms with van der Waals surface area (Å²) in [6.07, 6.45) is 2.34. The molecule has 32 heavy (non-hydrogen) atoms. The number of carbonyl (C=O) groups excluding carboxylic acids is 1. The monoisotopic (exact) mass is 449 g/mol. The Morgan fingerprint density at radius 1 is 1.12 bits per heavy atom. The summed E-state index contributed by atoms with van der Waals surface area (Å²) in [5.74, 6) is 0.757. The van der Waals surface area contributed by atoms with Crippen molar-refractivity contribution >= 4 is 27.3 Å². The first kappa shape index (κ1) is 22.0. The van der Waals surface area contributed by atoms with E-state index in [2.05, 4.69) is 21.7 Å². The van der Waals surface area contributed by atoms with Crippen LogP contribution in [-0.2, 0) is 19.5 Å². The first-order valence-electron chi connectivity index (χ1n) is 10.6. The number of aromatic nitrogens is 3. The van der Waals surface area contributed by atoms with Crippen molar-refractivity contribution in [2.45, 2.75) is 47.2 Å². The fraction of sp³-hybridized carbons (Fsp3) is 0.320. The smallest absolute Gasteiger partial charge is 0.262 e. The van der Waals surface area contributed by atoms with Crippen LogP contribution in [0, 0.1) is 27.7 Å². The van der Waals surface area contributed by atoms with E-state index in [4.69, 9.17) is 4.74 Å². The third-order valence-electron chi connectivity index (χ3n) is 6.13. The molecule has 0 radical (unpaired) electrons. The van der Waals surface area contributed by atoms with Crippen LogP contribution >= 0.6 is 11.3 Å². The summed E-state index contributed by atoms with van der Waals surface area (Å²) in [5, 5.41) is 0.618. The molecule has 6 nitrogen and oxygen atoms in total. The molecule has 7 heteroatoms. The van der Waals surface area contributed by atoms with E-state index in [-0.39, 0.29) is 17.9 Å². The summed E-state index contributed by atoms with van der Waals surface area (Å²) in [4.78, 5) is 32.3. The number of rotatable bonds is 7. The molecule has 0 aliphatic rings. The molecule has 0 spiro atoms. The number of carbonyl (C=O) groups is 1. The molecule has 0 amide bonds. The number of aryl methyl sites for hydroxylation is 4. The Hall–Kier alpha value is -3.19. The normalized spacial score (nSPS) is 11.3. The molecule has 166 valence electrons. The van der Waals surface area contributed by atoms with Crippen molar-refractivity contribution in [3.63, 3.8) is 0 Å². The zero-order valence-corrected chi connectivity index (χ0v) is 19.9. The van der Waals surface area contributed by atoms with Crippen molar-refractivity contribution in [3.8, 4) is 5.75 Å². The van der Waals surface area contributed by atoms with Crippen LogP contribution in [-0.4, -0.2) is 27.0 Å². The number of hydrogen-bond donors (Lipinski definition) is 0. The molecule has 4 rings (SSSR count). The van der Waals surface area contributed by atoms with Gasteiger partial charge >= 0.3 is 0 Å². The molecule has 1 aromatic carbocycles. The maximum atomic E-state index is 13.1. The summed E-state index contributed by atoms with van der Waals surface area (Å²) in [7, 11) is 1.66. The predicted molar refractivity (Wildman–Crippen MR) is 128 cm³/mol. The Labute approximate surface area is 191 Å². The largest absolute Gasteiger partial charge is 0.497 e. The van der Waals surface area contributed by atoms with E-state index in [1.165, 1.54) is 27.8 Å². The molecule has 4 aromatic rings. The maximum absolute atomic E-state index is 13.1. The minimum absolute atomic E-state index is 0.0150. The van der Waals surface area contributed by atoms with E-state index < -0.39 is 0 Å². The van der Waals surface area contributed by atoms with Gasteiger partial charge in [0.25, 0.3) is 5.56 Å². The predicted octanol–water partition coefficient (Wildman–Crippen LogP) is 4.63. The van der Waals surface area contributed by atoms with E-state index in [1.54, 1.807) is 7.11 Å². The number of ketones is 1. The zero-order chi connectivity index (χ0) is 23.0. The van der Waals surface area contributed by atoms with Crippen LogP contribution in [0.4, 0.5) is 0 Å². The van der Waals surface area contributed by atoms with Crippen molar-refractivity contribution < 1.29 is 9.53 Å². The Morgan fingerprint density at radius 3 is 2.53 bits per heavy atom. The number of fused-ring (bicyclic) bond motifs is 1. The number of thiophene rings is 1. The van der Waals surface area contributed by atoms with Crippen molar-refractivity contribution in [2.24, 2.45) is 0 Å². The van der Waals surface area contributed by atoms with Crippen molar-refractivity contribution in [1.82, 2.24) is 14.1 Å². The Kier molecular flexibility index (Phi) is 6.02. The van der Waals surface area contributed by atoms with E-state index in [0.717, 1.165) is 45.4 Å². The minimum atomic E-state index is -0.154. The highest BCUT2D eigenvalue weighted by Gasteiger charge is 2.18. The number of Topliss-reactive ketones (excluding diaryl/α,β-unsaturated/α-hetero) is 1. The van der Waals surface area contributed by atoms with Crippen LogP contribution in [0.15, 0.2) is 41.5 Å². The Bertz CT molecular complexity index is 1360. The van der Waals surface area contributed by atoms with Crippen LogP contribution in [0.5, 0.6) is 5.75 Å². The Balaban J connectivity index is 1.54. The molecule has 0 bridgehead atoms. The fourth-order valence-electron chi connectivity index (χ4n) is 4.08. The average molecular weight is 450 g/mol. The SMILES string of the molecule is COc1ccc(CCn2c(C)cc(C(=O)Cn3cnc4sc(C)c(C)c4c3=O)c2C)cc1. The maximum Gasteiger partial charge on any atom is 0.262 e. The van der Waals surface area contributed by atoms with Gasteiger partial charge in [-0.2, -0.15) is 0 Å². The number of nitrogens with zero attached hydrogens (tertiary/aromatic N) is 3. The van der Waals surface area contributed by atoms with Crippen LogP contribution in [0.2, 0.25) is 0 Å². The molecule has 3 heterocycles. The lowest BCUT2D eigenvalue weighted by atomic mass is 10.1. The van der Waals surface area contributed by atoms with Gasteiger partial charge in [-0.25, -0.2) is 4.98 Å². The van der Waals surface area contributed by atoms with Crippen molar-refractivity contribution in [2.75, 3.05) is 7.11 Å². The fourth-order valence-corrected chi connectivity index (χ4v) is 5.07. The summed E-state index contributed by atoms with van der Waals surface area (Å²) in [5.41, 5.74) is 4.61. The van der Waals surface area contributed by atoms with Gasteiger partial charge in [0.1, 0.15) is 10.6 Å². The standard InChI is InChI=1S/C25H27N3O3S/c1-15-12-21(17(3)28(15)11-10-19-6-8-20(31-5)9-7-19)22(29)13-27-14-26-24-23(25(27)30)16(2)18(4)32-24/h6-9,12,14H,10-11,13H2,1-5H3. The van der Waals surface area contributed by atoms with Crippen molar-refractivity contribution in [1.29, 1.82) is 0 Å². The van der Waals surface area contributed by atoms with Crippen LogP contribution in [0.1, 0.15) is 37.7 Å². The third kappa shape index (κ3) is 4.00. The van der Waals surface area contributed by atoms with Gasteiger partial charge < -0.3 is 9.30 Å². The summed E-state index contributed by atoms with van der Waals surface area (Å²) in [6.45, 7) is 8.65. The lowest BCUT2D eigenvalue weighted by molar-refractivity contribution is 0.0970. The molecule has 0 aliphatic heterocycles. The molecule has 3 aromatic heterocycles. The van der Waals surface area contributed by atoms with Gasteiger partial charge in [-0.1, -0.05) is 12.1 Å². The van der Waals surface area contributed by atoms with Crippen LogP contribution in [0.3, 0.4) is 0 Å². The zero-order valence-electron chi connectivity index (χ0n) is 19.1. The highest BCUT2D eigenvalue weighted by Crippen LogP contribution is 2.25. The van der Waals surface area contributed by atoms with Gasteiger partial charge in [-0.3, -0.25) is 14.2 Å². The van der Waals surface area contributed by atoms with Gasteiger partial charge in [-0.15, -0.1) is 11.3 Å². The lowest BCUT2D eigenvalue weighted by Crippen LogP contribution is -2.25. The second kappa shape index (κ2) is 8.74. The summed E-state index contributed by atoms with van der Waals surface area (Å²) in [6, 6.07) is 9.95. The number of benzene rings is 1. The topological polar surface area (TPSA) is 66.1 Å². The molecule has 0 aliphatic carbocycles. The number of hydrogen-bond acceptors (Lipinski definition) is 5. The van der Waals surface area contributed by atoms with Gasteiger partial charge in [0.05, 0.1) is 25.4 Å². The number of ether oxygens (including phenoxy) is 1. The van der Waals surface area contributed by atoms with Gasteiger partial charge in [0.15, 0.2) is 5.78 Å². The molecule has 0 unspecified atom stereocenters. The molecule has 0 N–H and O–H groups in total. The van der Waals surface area contributed by atoms with Gasteiger partial charge in [0.2, 0.25) is 0 Å². The summed E-state index contributed by atoms with van der Waals surface area (Å²) < 4.78 is 8.80. The second-order valence-corrected chi connectivity index (χ2v) is 9.30. The Morgan fingerprint density at radius 2 is 1.84 bits per heavy atom. The van der Waals surface area contributed by atoms with Gasteiger partial charge in [0, 0.05) is 28.4 Å². The molecular weight excluding hydrogens is 422 g/mol. The molecule has 0 saturated carbocycles. The molecular formula is C25H27N3O3S. The second-order valence-electron chi connectivity index (χ2n) is 8.10. The first-order chi connectivity index (χ1) is 15.3. The summed E-state index contributed by atoms with van der Waals surface area (Å²) >= 11 is 1.51. The lowest BCUT2D eigenvalue weighted by Gasteiger charge is -2.11. The van der Waals surface area contributed by atoms with Crippen LogP contribution in [0.25, 0.3) is 10.2 Å². The average Bonchev–Trinajstić information content (AvgIpc) is 3.24. The molecule has 0 atom stereocenters. The minimum Gasteiger partial charge on any atom is -0.497 e. The molecule has 0 fully saturated rings. The van der Waals surface area contributed by atoms with E-state index in [1.807, 2.05) is 45.9 Å². The first-order valence-corrected chi connectivity index (χ1v) is 11.4. The highest BCUT2D eigenvalue weighted by atomic mass is 32.1. The van der Waals surface area contributed by atoms with E-state index >= 15 is 0 Å². The highest BCUT2D eigenvalue weighted by molar-refractivity contribution is 7.18. The van der Waals surface area contributed by atoms with Crippen molar-refractivity contribution in [3.05, 3.63) is 80.0 Å². The van der Waals surface area contributed by atoms with E-state index in [0.29, 0.717) is 10.9 Å². The third-order valence-corrected chi connectivity index (χ3v) is 7.24. The van der Waals surface area contributed by atoms with E-state index in [9.17, 15) is 9.59 Å². The van der Waals surface area contributed by atoms with Gasteiger partial charge in [-0.05, 0) is 63.4 Å². The van der Waals surface area contributed by atoms with Crippen LogP contribution < -0.4 is 10.3 Å².